The van der Waals surface area contributed by atoms with Gasteiger partial charge in [-0.15, -0.1) is 10.2 Å². The fraction of sp³-hybridized carbons (Fsp3) is 0.750. The van der Waals surface area contributed by atoms with E-state index in [1.807, 2.05) is 13.8 Å². The van der Waals surface area contributed by atoms with Crippen LogP contribution in [0.25, 0.3) is 0 Å². The molecule has 0 aliphatic rings. The maximum Gasteiger partial charge on any atom is 0.269 e. The van der Waals surface area contributed by atoms with Crippen LogP contribution in [0.2, 0.25) is 0 Å². The zero-order valence-electron chi connectivity index (χ0n) is 9.30. The normalized spacial score (nSPS) is 12.2. The molecule has 3 N–H and O–H groups in total. The van der Waals surface area contributed by atoms with Gasteiger partial charge in [0.2, 0.25) is 9.47 Å². The van der Waals surface area contributed by atoms with E-state index in [1.54, 1.807) is 0 Å². The lowest BCUT2D eigenvalue weighted by Gasteiger charge is -2.11. The van der Waals surface area contributed by atoms with Crippen molar-refractivity contribution in [3.63, 3.8) is 0 Å². The smallest absolute Gasteiger partial charge is 0.269 e. The van der Waals surface area contributed by atoms with Crippen LogP contribution in [0.5, 0.6) is 0 Å². The molecule has 92 valence electrons. The van der Waals surface area contributed by atoms with E-state index in [0.717, 1.165) is 24.2 Å². The molecule has 0 spiro atoms. The minimum absolute atomic E-state index is 0.0732. The Bertz CT molecular complexity index is 425. The molecule has 16 heavy (non-hydrogen) atoms. The third-order valence-corrected chi connectivity index (χ3v) is 4.91. The second-order valence-electron chi connectivity index (χ2n) is 3.44. The quantitative estimate of drug-likeness (QED) is 0.793. The number of hydrogen-bond acceptors (Lipinski definition) is 6. The highest BCUT2D eigenvalue weighted by Crippen LogP contribution is 2.17. The Morgan fingerprint density at radius 1 is 1.38 bits per heavy atom. The van der Waals surface area contributed by atoms with Gasteiger partial charge in [-0.2, -0.15) is 0 Å². The van der Waals surface area contributed by atoms with Crippen molar-refractivity contribution < 1.29 is 8.42 Å². The lowest BCUT2D eigenvalue weighted by Crippen LogP contribution is -2.29. The Labute approximate surface area is 99.3 Å². The van der Waals surface area contributed by atoms with E-state index in [0.29, 0.717) is 12.5 Å². The fourth-order valence-electron chi connectivity index (χ4n) is 1.20. The molecule has 0 aromatic carbocycles. The summed E-state index contributed by atoms with van der Waals surface area (Å²) >= 11 is 0.867. The third kappa shape index (κ3) is 3.39. The van der Waals surface area contributed by atoms with Crippen LogP contribution in [0.3, 0.4) is 0 Å². The third-order valence-electron chi connectivity index (χ3n) is 2.37. The van der Waals surface area contributed by atoms with Gasteiger partial charge in [-0.05, 0) is 5.92 Å². The molecule has 1 aromatic heterocycles. The molecule has 8 heteroatoms. The first-order valence-corrected chi connectivity index (χ1v) is 7.38. The lowest BCUT2D eigenvalue weighted by atomic mass is 10.0. The van der Waals surface area contributed by atoms with Gasteiger partial charge in [-0.1, -0.05) is 38.0 Å². The van der Waals surface area contributed by atoms with Crippen molar-refractivity contribution in [1.82, 2.24) is 14.9 Å². The first-order valence-electron chi connectivity index (χ1n) is 5.08. The van der Waals surface area contributed by atoms with Gasteiger partial charge in [0, 0.05) is 6.54 Å². The van der Waals surface area contributed by atoms with E-state index < -0.39 is 10.0 Å². The monoisotopic (exact) mass is 264 g/mol. The predicted octanol–water partition coefficient (Wildman–Crippen LogP) is 0.835. The van der Waals surface area contributed by atoms with E-state index >= 15 is 0 Å². The van der Waals surface area contributed by atoms with Crippen molar-refractivity contribution in [1.29, 1.82) is 0 Å². The molecule has 0 aliphatic carbocycles. The second kappa shape index (κ2) is 5.55. The van der Waals surface area contributed by atoms with Gasteiger partial charge >= 0.3 is 0 Å². The van der Waals surface area contributed by atoms with Gasteiger partial charge < -0.3 is 5.73 Å². The Balaban J connectivity index is 2.66. The Hall–Kier alpha value is -0.730. The minimum atomic E-state index is -3.54. The van der Waals surface area contributed by atoms with Crippen LogP contribution in [0.1, 0.15) is 26.7 Å². The number of sulfonamides is 1. The molecule has 6 nitrogen and oxygen atoms in total. The number of anilines is 1. The SMILES string of the molecule is CCC(CC)CNS(=O)(=O)c1nnc(N)s1. The van der Waals surface area contributed by atoms with Crippen molar-refractivity contribution in [2.45, 2.75) is 31.0 Å². The molecule has 0 aliphatic heterocycles. The molecule has 1 aromatic rings. The number of aromatic nitrogens is 2. The summed E-state index contributed by atoms with van der Waals surface area (Å²) in [6.45, 7) is 4.49. The van der Waals surface area contributed by atoms with Crippen molar-refractivity contribution in [2.24, 2.45) is 5.92 Å². The van der Waals surface area contributed by atoms with Gasteiger partial charge in [-0.3, -0.25) is 0 Å². The van der Waals surface area contributed by atoms with Crippen molar-refractivity contribution in [3.05, 3.63) is 0 Å². The highest BCUT2D eigenvalue weighted by molar-refractivity contribution is 7.91. The average molecular weight is 264 g/mol. The summed E-state index contributed by atoms with van der Waals surface area (Å²) in [4.78, 5) is 0. The van der Waals surface area contributed by atoms with Crippen LogP contribution in [-0.4, -0.2) is 25.2 Å². The van der Waals surface area contributed by atoms with Gasteiger partial charge in [0.15, 0.2) is 0 Å². The summed E-state index contributed by atoms with van der Waals surface area (Å²) < 4.78 is 25.9. The Morgan fingerprint density at radius 2 is 2.00 bits per heavy atom. The molecule has 0 saturated carbocycles. The van der Waals surface area contributed by atoms with Crippen LogP contribution in [0.4, 0.5) is 5.13 Å². The van der Waals surface area contributed by atoms with Crippen LogP contribution < -0.4 is 10.5 Å². The molecular formula is C8H16N4O2S2. The number of nitrogens with two attached hydrogens (primary N) is 1. The van der Waals surface area contributed by atoms with Crippen LogP contribution in [0.15, 0.2) is 4.34 Å². The molecule has 0 fully saturated rings. The Morgan fingerprint density at radius 3 is 2.44 bits per heavy atom. The molecule has 1 heterocycles. The van der Waals surface area contributed by atoms with Crippen LogP contribution in [-0.2, 0) is 10.0 Å². The molecule has 0 amide bonds. The number of rotatable bonds is 6. The number of nitrogens with one attached hydrogen (secondary N) is 1. The first kappa shape index (κ1) is 13.3. The lowest BCUT2D eigenvalue weighted by molar-refractivity contribution is 0.478. The predicted molar refractivity (Wildman–Crippen MR) is 63.6 cm³/mol. The van der Waals surface area contributed by atoms with Gasteiger partial charge in [-0.25, -0.2) is 13.1 Å². The van der Waals surface area contributed by atoms with Crippen LogP contribution >= 0.6 is 11.3 Å². The molecule has 1 rings (SSSR count). The topological polar surface area (TPSA) is 98.0 Å². The summed E-state index contributed by atoms with van der Waals surface area (Å²) in [6.07, 6.45) is 1.88. The molecule has 0 unspecified atom stereocenters. The highest BCUT2D eigenvalue weighted by Gasteiger charge is 2.20. The standard InChI is InChI=1S/C8H16N4O2S2/c1-3-6(4-2)5-10-16(13,14)8-12-11-7(9)15-8/h6,10H,3-5H2,1-2H3,(H2,9,11). The fourth-order valence-corrected chi connectivity index (χ4v) is 3.14. The average Bonchev–Trinajstić information content (AvgIpc) is 2.67. The zero-order chi connectivity index (χ0) is 12.2. The molecule has 0 atom stereocenters. The van der Waals surface area contributed by atoms with E-state index in [2.05, 4.69) is 14.9 Å². The summed E-state index contributed by atoms with van der Waals surface area (Å²) in [5.41, 5.74) is 5.34. The van der Waals surface area contributed by atoms with E-state index in [9.17, 15) is 8.42 Å². The molecule has 0 radical (unpaired) electrons. The summed E-state index contributed by atoms with van der Waals surface area (Å²) in [6, 6.07) is 0. The highest BCUT2D eigenvalue weighted by atomic mass is 32.2. The summed E-state index contributed by atoms with van der Waals surface area (Å²) in [7, 11) is -3.54. The maximum atomic E-state index is 11.7. The zero-order valence-corrected chi connectivity index (χ0v) is 10.9. The van der Waals surface area contributed by atoms with Crippen LogP contribution in [0, 0.1) is 5.92 Å². The Kier molecular flexibility index (Phi) is 4.63. The summed E-state index contributed by atoms with van der Waals surface area (Å²) in [5, 5.41) is 7.14. The van der Waals surface area contributed by atoms with Crippen molar-refractivity contribution in [3.8, 4) is 0 Å². The summed E-state index contributed by atoms with van der Waals surface area (Å²) in [5.74, 6) is 0.347. The van der Waals surface area contributed by atoms with Gasteiger partial charge in [0.25, 0.3) is 10.0 Å². The van der Waals surface area contributed by atoms with E-state index in [-0.39, 0.29) is 9.47 Å². The first-order chi connectivity index (χ1) is 7.49. The second-order valence-corrected chi connectivity index (χ2v) is 6.39. The number of nitrogens with zero attached hydrogens (tertiary/aromatic N) is 2. The molecular weight excluding hydrogens is 248 g/mol. The maximum absolute atomic E-state index is 11.7. The molecule has 0 bridgehead atoms. The van der Waals surface area contributed by atoms with E-state index in [1.165, 1.54) is 0 Å². The number of nitrogen functional groups attached to an aromatic ring is 1. The van der Waals surface area contributed by atoms with Gasteiger partial charge in [0.1, 0.15) is 0 Å². The number of hydrogen-bond donors (Lipinski definition) is 2. The molecule has 0 saturated heterocycles. The van der Waals surface area contributed by atoms with Crippen molar-refractivity contribution >= 4 is 26.5 Å². The van der Waals surface area contributed by atoms with Gasteiger partial charge in [0.05, 0.1) is 0 Å². The minimum Gasteiger partial charge on any atom is -0.374 e. The largest absolute Gasteiger partial charge is 0.374 e. The van der Waals surface area contributed by atoms with E-state index in [4.69, 9.17) is 5.73 Å². The van der Waals surface area contributed by atoms with Crippen molar-refractivity contribution in [2.75, 3.05) is 12.3 Å².